The second kappa shape index (κ2) is 8.58. The second-order valence-electron chi connectivity index (χ2n) is 7.58. The van der Waals surface area contributed by atoms with Gasteiger partial charge in [-0.2, -0.15) is 0 Å². The van der Waals surface area contributed by atoms with Gasteiger partial charge in [-0.25, -0.2) is 4.98 Å². The molecule has 0 saturated carbocycles. The van der Waals surface area contributed by atoms with Crippen molar-refractivity contribution in [3.63, 3.8) is 0 Å². The molecule has 5 aromatic rings. The van der Waals surface area contributed by atoms with Crippen LogP contribution in [0.4, 0.5) is 0 Å². The van der Waals surface area contributed by atoms with Gasteiger partial charge in [-0.15, -0.1) is 0 Å². The van der Waals surface area contributed by atoms with Gasteiger partial charge < -0.3 is 4.57 Å². The van der Waals surface area contributed by atoms with Crippen LogP contribution in [0.5, 0.6) is 0 Å². The Morgan fingerprint density at radius 3 is 2.19 bits per heavy atom. The molecule has 0 aliphatic rings. The van der Waals surface area contributed by atoms with E-state index in [2.05, 4.69) is 65.2 Å². The van der Waals surface area contributed by atoms with E-state index >= 15 is 0 Å². The number of rotatable bonds is 5. The average Bonchev–Trinajstić information content (AvgIpc) is 3.13. The average molecular weight is 443 g/mol. The summed E-state index contributed by atoms with van der Waals surface area (Å²) >= 11 is 12.6. The van der Waals surface area contributed by atoms with Gasteiger partial charge in [-0.1, -0.05) is 96.0 Å². The molecule has 1 heterocycles. The molecule has 0 spiro atoms. The topological polar surface area (TPSA) is 17.8 Å². The molecule has 0 radical (unpaired) electrons. The number of hydrogen-bond acceptors (Lipinski definition) is 1. The van der Waals surface area contributed by atoms with Crippen molar-refractivity contribution < 1.29 is 0 Å². The fraction of sp³-hybridized carbons (Fsp3) is 0.0741. The Balaban J connectivity index is 1.49. The maximum absolute atomic E-state index is 6.47. The number of aromatic nitrogens is 2. The molecule has 0 saturated heterocycles. The van der Waals surface area contributed by atoms with Crippen molar-refractivity contribution in [1.29, 1.82) is 0 Å². The van der Waals surface area contributed by atoms with Crippen molar-refractivity contribution in [3.8, 4) is 11.1 Å². The maximum Gasteiger partial charge on any atom is 0.114 e. The number of nitrogens with zero attached hydrogens (tertiary/aromatic N) is 2. The Morgan fingerprint density at radius 1 is 0.710 bits per heavy atom. The van der Waals surface area contributed by atoms with Crippen LogP contribution < -0.4 is 0 Å². The predicted molar refractivity (Wildman–Crippen MR) is 130 cm³/mol. The number of fused-ring (bicyclic) bond motifs is 1. The van der Waals surface area contributed by atoms with Crippen molar-refractivity contribution >= 4 is 34.2 Å². The highest BCUT2D eigenvalue weighted by atomic mass is 35.5. The fourth-order valence-corrected chi connectivity index (χ4v) is 4.35. The zero-order valence-corrected chi connectivity index (χ0v) is 18.3. The first-order valence-electron chi connectivity index (χ1n) is 10.2. The first-order valence-corrected chi connectivity index (χ1v) is 11.0. The van der Waals surface area contributed by atoms with Gasteiger partial charge in [-0.3, -0.25) is 0 Å². The summed E-state index contributed by atoms with van der Waals surface area (Å²) in [5.74, 6) is 1.01. The third kappa shape index (κ3) is 4.23. The number of para-hydroxylation sites is 2. The molecule has 152 valence electrons. The first kappa shape index (κ1) is 19.9. The minimum Gasteiger partial charge on any atom is -0.323 e. The van der Waals surface area contributed by atoms with E-state index in [1.165, 1.54) is 16.7 Å². The van der Waals surface area contributed by atoms with E-state index in [-0.39, 0.29) is 0 Å². The SMILES string of the molecule is Clc1ccc(Cn2c(Cc3ccc(-c4ccccc4)cc3)nc3ccccc32)c(Cl)c1. The Bertz CT molecular complexity index is 1340. The zero-order valence-electron chi connectivity index (χ0n) is 16.8. The van der Waals surface area contributed by atoms with Crippen molar-refractivity contribution in [3.05, 3.63) is 124 Å². The van der Waals surface area contributed by atoms with E-state index in [0.29, 0.717) is 16.6 Å². The van der Waals surface area contributed by atoms with Crippen LogP contribution in [0.15, 0.2) is 97.1 Å². The van der Waals surface area contributed by atoms with Gasteiger partial charge in [0.05, 0.1) is 17.6 Å². The van der Waals surface area contributed by atoms with Crippen molar-refractivity contribution in [2.45, 2.75) is 13.0 Å². The van der Waals surface area contributed by atoms with Gasteiger partial charge in [-0.05, 0) is 46.5 Å². The van der Waals surface area contributed by atoms with Gasteiger partial charge in [0.2, 0.25) is 0 Å². The smallest absolute Gasteiger partial charge is 0.114 e. The van der Waals surface area contributed by atoms with Crippen LogP contribution in [0.1, 0.15) is 17.0 Å². The van der Waals surface area contributed by atoms with Crippen LogP contribution in [0, 0.1) is 0 Å². The van der Waals surface area contributed by atoms with Crippen molar-refractivity contribution in [1.82, 2.24) is 9.55 Å². The van der Waals surface area contributed by atoms with E-state index in [1.807, 2.05) is 30.3 Å². The van der Waals surface area contributed by atoms with Crippen LogP contribution in [0.25, 0.3) is 22.2 Å². The Kier molecular flexibility index (Phi) is 5.50. The van der Waals surface area contributed by atoms with Crippen molar-refractivity contribution in [2.75, 3.05) is 0 Å². The molecular formula is C27H20Cl2N2. The Hall–Kier alpha value is -3.07. The molecule has 0 fully saturated rings. The molecule has 0 N–H and O–H groups in total. The van der Waals surface area contributed by atoms with Crippen molar-refractivity contribution in [2.24, 2.45) is 0 Å². The van der Waals surface area contributed by atoms with Gasteiger partial charge >= 0.3 is 0 Å². The molecule has 1 aromatic heterocycles. The molecule has 0 aliphatic heterocycles. The number of hydrogen-bond donors (Lipinski definition) is 0. The van der Waals surface area contributed by atoms with Crippen LogP contribution in [0.3, 0.4) is 0 Å². The van der Waals surface area contributed by atoms with E-state index in [9.17, 15) is 0 Å². The molecule has 5 rings (SSSR count). The molecule has 2 nitrogen and oxygen atoms in total. The Morgan fingerprint density at radius 2 is 1.42 bits per heavy atom. The number of benzene rings is 4. The molecule has 31 heavy (non-hydrogen) atoms. The summed E-state index contributed by atoms with van der Waals surface area (Å²) in [5, 5.41) is 1.31. The molecular weight excluding hydrogens is 423 g/mol. The minimum atomic E-state index is 0.642. The van der Waals surface area contributed by atoms with Gasteiger partial charge in [0.25, 0.3) is 0 Å². The van der Waals surface area contributed by atoms with E-state index in [0.717, 1.165) is 28.8 Å². The molecule has 0 unspecified atom stereocenters. The lowest BCUT2D eigenvalue weighted by Crippen LogP contribution is -2.06. The third-order valence-corrected chi connectivity index (χ3v) is 6.09. The standard InChI is InChI=1S/C27H20Cl2N2/c28-23-15-14-22(24(29)17-23)18-31-26-9-5-4-8-25(26)30-27(31)16-19-10-12-21(13-11-19)20-6-2-1-3-7-20/h1-15,17H,16,18H2. The molecule has 0 amide bonds. The quantitative estimate of drug-likeness (QED) is 0.273. The first-order chi connectivity index (χ1) is 15.2. The summed E-state index contributed by atoms with van der Waals surface area (Å²) in [6.07, 6.45) is 0.745. The summed E-state index contributed by atoms with van der Waals surface area (Å²) < 4.78 is 2.25. The highest BCUT2D eigenvalue weighted by molar-refractivity contribution is 6.35. The molecule has 0 aliphatic carbocycles. The van der Waals surface area contributed by atoms with E-state index < -0.39 is 0 Å². The Labute approximate surface area is 191 Å². The fourth-order valence-electron chi connectivity index (χ4n) is 3.89. The predicted octanol–water partition coefficient (Wildman–Crippen LogP) is 7.65. The number of halogens is 2. The van der Waals surface area contributed by atoms with Crippen LogP contribution in [0.2, 0.25) is 10.0 Å². The highest BCUT2D eigenvalue weighted by Crippen LogP contribution is 2.26. The molecule has 4 aromatic carbocycles. The van der Waals surface area contributed by atoms with E-state index in [4.69, 9.17) is 28.2 Å². The second-order valence-corrected chi connectivity index (χ2v) is 8.42. The summed E-state index contributed by atoms with van der Waals surface area (Å²) in [7, 11) is 0. The monoisotopic (exact) mass is 442 g/mol. The van der Waals surface area contributed by atoms with Crippen LogP contribution in [-0.2, 0) is 13.0 Å². The summed E-state index contributed by atoms with van der Waals surface area (Å²) in [6, 6.07) is 33.0. The third-order valence-electron chi connectivity index (χ3n) is 5.50. The minimum absolute atomic E-state index is 0.642. The molecule has 4 heteroatoms. The lowest BCUT2D eigenvalue weighted by atomic mass is 10.0. The molecule has 0 atom stereocenters. The van der Waals surface area contributed by atoms with Crippen LogP contribution >= 0.6 is 23.2 Å². The van der Waals surface area contributed by atoms with Crippen LogP contribution in [-0.4, -0.2) is 9.55 Å². The van der Waals surface area contributed by atoms with Gasteiger partial charge in [0.1, 0.15) is 5.82 Å². The summed E-state index contributed by atoms with van der Waals surface area (Å²) in [5.41, 5.74) is 6.77. The maximum atomic E-state index is 6.47. The van der Waals surface area contributed by atoms with Gasteiger partial charge in [0, 0.05) is 16.5 Å². The number of imidazole rings is 1. The molecule has 0 bridgehead atoms. The lowest BCUT2D eigenvalue weighted by Gasteiger charge is -2.12. The lowest BCUT2D eigenvalue weighted by molar-refractivity contribution is 0.762. The van der Waals surface area contributed by atoms with Gasteiger partial charge in [0.15, 0.2) is 0 Å². The highest BCUT2D eigenvalue weighted by Gasteiger charge is 2.13. The normalized spacial score (nSPS) is 11.2. The summed E-state index contributed by atoms with van der Waals surface area (Å²) in [6.45, 7) is 0.647. The largest absolute Gasteiger partial charge is 0.323 e. The summed E-state index contributed by atoms with van der Waals surface area (Å²) in [4.78, 5) is 4.93. The zero-order chi connectivity index (χ0) is 21.2. The van der Waals surface area contributed by atoms with E-state index in [1.54, 1.807) is 6.07 Å².